The monoisotopic (exact) mass is 301 g/mol. The molecule has 0 bridgehead atoms. The van der Waals surface area contributed by atoms with Gasteiger partial charge in [-0.1, -0.05) is 6.07 Å². The van der Waals surface area contributed by atoms with Gasteiger partial charge >= 0.3 is 12.1 Å². The molecule has 2 rings (SSSR count). The maximum Gasteiger partial charge on any atom is 0.416 e. The number of benzene rings is 1. The van der Waals surface area contributed by atoms with E-state index in [1.54, 1.807) is 0 Å². The van der Waals surface area contributed by atoms with Crippen LogP contribution in [0.1, 0.15) is 35.7 Å². The van der Waals surface area contributed by atoms with Crippen LogP contribution < -0.4 is 5.32 Å². The fourth-order valence-corrected chi connectivity index (χ4v) is 1.65. The number of hydrogen-bond acceptors (Lipinski definition) is 3. The molecule has 7 heteroatoms. The number of rotatable bonds is 4. The van der Waals surface area contributed by atoms with Crippen LogP contribution in [-0.2, 0) is 15.7 Å². The highest BCUT2D eigenvalue weighted by Crippen LogP contribution is 2.29. The molecule has 0 radical (unpaired) electrons. The van der Waals surface area contributed by atoms with E-state index in [1.165, 1.54) is 13.0 Å². The Labute approximate surface area is 119 Å². The average Bonchev–Trinajstić information content (AvgIpc) is 3.21. The number of nitrogens with one attached hydrogen (secondary N) is 1. The number of halogens is 3. The molecule has 0 heterocycles. The fraction of sp³-hybridized carbons (Fsp3) is 0.429. The Bertz CT molecular complexity index is 553. The molecule has 1 aliphatic rings. The van der Waals surface area contributed by atoms with E-state index in [0.29, 0.717) is 6.07 Å². The number of carbonyl (C=O) groups is 2. The Kier molecular flexibility index (Phi) is 4.20. The van der Waals surface area contributed by atoms with Crippen LogP contribution in [0.15, 0.2) is 24.3 Å². The molecule has 1 N–H and O–H groups in total. The summed E-state index contributed by atoms with van der Waals surface area (Å²) in [6.45, 7) is 1.38. The van der Waals surface area contributed by atoms with Crippen LogP contribution in [-0.4, -0.2) is 24.0 Å². The van der Waals surface area contributed by atoms with E-state index in [0.717, 1.165) is 25.0 Å². The van der Waals surface area contributed by atoms with Crippen molar-refractivity contribution < 1.29 is 27.5 Å². The van der Waals surface area contributed by atoms with Gasteiger partial charge in [-0.3, -0.25) is 4.79 Å². The number of carbonyl (C=O) groups excluding carboxylic acids is 2. The summed E-state index contributed by atoms with van der Waals surface area (Å²) in [5.74, 6) is -1.41. The van der Waals surface area contributed by atoms with Crippen molar-refractivity contribution in [2.24, 2.45) is 0 Å². The quantitative estimate of drug-likeness (QED) is 0.870. The normalized spacial score (nSPS) is 16.2. The highest BCUT2D eigenvalue weighted by atomic mass is 19.4. The summed E-state index contributed by atoms with van der Waals surface area (Å²) >= 11 is 0. The van der Waals surface area contributed by atoms with Crippen molar-refractivity contribution in [3.8, 4) is 0 Å². The van der Waals surface area contributed by atoms with Crippen molar-refractivity contribution in [2.45, 2.75) is 38.1 Å². The van der Waals surface area contributed by atoms with Crippen molar-refractivity contribution >= 4 is 11.9 Å². The van der Waals surface area contributed by atoms with Gasteiger partial charge in [0.1, 0.15) is 0 Å². The molecule has 1 saturated carbocycles. The van der Waals surface area contributed by atoms with Crippen molar-refractivity contribution in [3.63, 3.8) is 0 Å². The summed E-state index contributed by atoms with van der Waals surface area (Å²) in [5, 5.41) is 2.65. The Balaban J connectivity index is 2.00. The van der Waals surface area contributed by atoms with Gasteiger partial charge in [-0.2, -0.15) is 13.2 Å². The Hall–Kier alpha value is -2.05. The minimum atomic E-state index is -4.54. The summed E-state index contributed by atoms with van der Waals surface area (Å²) in [7, 11) is 0. The molecule has 0 aromatic heterocycles. The van der Waals surface area contributed by atoms with Crippen molar-refractivity contribution in [1.82, 2.24) is 5.32 Å². The second-order valence-corrected chi connectivity index (χ2v) is 4.91. The summed E-state index contributed by atoms with van der Waals surface area (Å²) in [6.07, 6.45) is -3.81. The minimum absolute atomic E-state index is 0.118. The van der Waals surface area contributed by atoms with Gasteiger partial charge < -0.3 is 10.1 Å². The highest BCUT2D eigenvalue weighted by Gasteiger charge is 2.31. The van der Waals surface area contributed by atoms with E-state index in [2.05, 4.69) is 5.32 Å². The number of alkyl halides is 3. The molecule has 4 nitrogen and oxygen atoms in total. The summed E-state index contributed by atoms with van der Waals surface area (Å²) < 4.78 is 42.5. The van der Waals surface area contributed by atoms with E-state index >= 15 is 0 Å². The first-order valence-electron chi connectivity index (χ1n) is 6.46. The van der Waals surface area contributed by atoms with Crippen LogP contribution in [0.2, 0.25) is 0 Å². The zero-order valence-corrected chi connectivity index (χ0v) is 11.2. The Morgan fingerprint density at radius 2 is 2.00 bits per heavy atom. The lowest BCUT2D eigenvalue weighted by molar-refractivity contribution is -0.137. The van der Waals surface area contributed by atoms with Crippen LogP contribution in [0.4, 0.5) is 13.2 Å². The molecule has 1 aromatic rings. The van der Waals surface area contributed by atoms with Crippen molar-refractivity contribution in [1.29, 1.82) is 0 Å². The van der Waals surface area contributed by atoms with Gasteiger partial charge in [0.15, 0.2) is 6.10 Å². The maximum absolute atomic E-state index is 12.6. The predicted molar refractivity (Wildman–Crippen MR) is 67.5 cm³/mol. The predicted octanol–water partition coefficient (Wildman–Crippen LogP) is 2.53. The molecule has 0 aliphatic heterocycles. The fourth-order valence-electron chi connectivity index (χ4n) is 1.65. The maximum atomic E-state index is 12.6. The molecule has 1 aliphatic carbocycles. The summed E-state index contributed by atoms with van der Waals surface area (Å²) in [6, 6.07) is 4.01. The molecule has 1 atom stereocenters. The summed E-state index contributed by atoms with van der Waals surface area (Å²) in [5.41, 5.74) is -1.18. The lowest BCUT2D eigenvalue weighted by atomic mass is 10.1. The highest BCUT2D eigenvalue weighted by molar-refractivity contribution is 5.92. The molecule has 1 aromatic carbocycles. The molecule has 1 fully saturated rings. The second kappa shape index (κ2) is 5.75. The zero-order chi connectivity index (χ0) is 15.6. The first-order chi connectivity index (χ1) is 9.77. The molecular formula is C14H14F3NO3. The zero-order valence-electron chi connectivity index (χ0n) is 11.2. The standard InChI is InChI=1S/C14H14F3NO3/c1-8(12(19)18-11-5-6-11)21-13(20)9-3-2-4-10(7-9)14(15,16)17/h2-4,7-8,11H,5-6H2,1H3,(H,18,19). The third kappa shape index (κ3) is 4.21. The second-order valence-electron chi connectivity index (χ2n) is 4.91. The van der Waals surface area contributed by atoms with E-state index in [4.69, 9.17) is 4.74 Å². The molecule has 114 valence electrons. The molecule has 21 heavy (non-hydrogen) atoms. The average molecular weight is 301 g/mol. The third-order valence-electron chi connectivity index (χ3n) is 3.00. The molecule has 0 saturated heterocycles. The topological polar surface area (TPSA) is 55.4 Å². The van der Waals surface area contributed by atoms with Crippen LogP contribution in [0.5, 0.6) is 0 Å². The van der Waals surface area contributed by atoms with Gasteiger partial charge in [0.2, 0.25) is 0 Å². The lowest BCUT2D eigenvalue weighted by Gasteiger charge is -2.14. The Morgan fingerprint density at radius 3 is 2.57 bits per heavy atom. The molecule has 0 spiro atoms. The van der Waals surface area contributed by atoms with Crippen molar-refractivity contribution in [3.05, 3.63) is 35.4 Å². The largest absolute Gasteiger partial charge is 0.449 e. The van der Waals surface area contributed by atoms with Crippen LogP contribution in [0.25, 0.3) is 0 Å². The third-order valence-corrected chi connectivity index (χ3v) is 3.00. The summed E-state index contributed by atoms with van der Waals surface area (Å²) in [4.78, 5) is 23.4. The first kappa shape index (κ1) is 15.3. The van der Waals surface area contributed by atoms with Crippen LogP contribution >= 0.6 is 0 Å². The Morgan fingerprint density at radius 1 is 1.33 bits per heavy atom. The van der Waals surface area contributed by atoms with Gasteiger partial charge in [0.05, 0.1) is 11.1 Å². The number of ether oxygens (including phenoxy) is 1. The van der Waals surface area contributed by atoms with E-state index in [-0.39, 0.29) is 11.6 Å². The van der Waals surface area contributed by atoms with Crippen LogP contribution in [0, 0.1) is 0 Å². The number of hydrogen-bond donors (Lipinski definition) is 1. The lowest BCUT2D eigenvalue weighted by Crippen LogP contribution is -2.37. The van der Waals surface area contributed by atoms with Gasteiger partial charge in [-0.15, -0.1) is 0 Å². The van der Waals surface area contributed by atoms with Crippen molar-refractivity contribution in [2.75, 3.05) is 0 Å². The first-order valence-corrected chi connectivity index (χ1v) is 6.46. The SMILES string of the molecule is CC(OC(=O)c1cccc(C(F)(F)F)c1)C(=O)NC1CC1. The number of esters is 1. The molecule has 1 unspecified atom stereocenters. The van der Waals surface area contributed by atoms with Gasteiger partial charge in [-0.25, -0.2) is 4.79 Å². The molecular weight excluding hydrogens is 287 g/mol. The minimum Gasteiger partial charge on any atom is -0.449 e. The van der Waals surface area contributed by atoms with Crippen LogP contribution in [0.3, 0.4) is 0 Å². The van der Waals surface area contributed by atoms with E-state index < -0.39 is 29.7 Å². The smallest absolute Gasteiger partial charge is 0.416 e. The van der Waals surface area contributed by atoms with Gasteiger partial charge in [0, 0.05) is 6.04 Å². The van der Waals surface area contributed by atoms with Gasteiger partial charge in [-0.05, 0) is 38.0 Å². The van der Waals surface area contributed by atoms with E-state index in [9.17, 15) is 22.8 Å². The van der Waals surface area contributed by atoms with Gasteiger partial charge in [0.25, 0.3) is 5.91 Å². The van der Waals surface area contributed by atoms with E-state index in [1.807, 2.05) is 0 Å². The molecule has 1 amide bonds. The number of amides is 1.